The van der Waals surface area contributed by atoms with E-state index in [0.29, 0.717) is 30.3 Å². The number of likely N-dealkylation sites (N-methyl/N-ethyl adjacent to an activating group) is 1. The second-order valence-electron chi connectivity index (χ2n) is 7.07. The molecular weight excluding hydrogens is 393 g/mol. The Hall–Kier alpha value is -3.03. The molecule has 1 aromatic rings. The first kappa shape index (κ1) is 23.3. The molecule has 0 saturated carbocycles. The molecule has 0 spiro atoms. The SMILES string of the molecule is CCC(C)=C(/N=C1\C(=C(C)C)C=CC(=O)N1CC)Nc1ccc(NC(F)(F)F)cc1. The molecule has 0 aliphatic carbocycles. The van der Waals surface area contributed by atoms with E-state index in [1.54, 1.807) is 23.1 Å². The Morgan fingerprint density at radius 2 is 1.63 bits per heavy atom. The number of carbonyl (C=O) groups is 1. The predicted octanol–water partition coefficient (Wildman–Crippen LogP) is 5.82. The fourth-order valence-electron chi connectivity index (χ4n) is 2.83. The van der Waals surface area contributed by atoms with Gasteiger partial charge in [0.1, 0.15) is 11.7 Å². The van der Waals surface area contributed by atoms with Gasteiger partial charge in [0, 0.05) is 29.6 Å². The van der Waals surface area contributed by atoms with E-state index in [2.05, 4.69) is 5.32 Å². The second kappa shape index (κ2) is 9.65. The Bertz CT molecular complexity index is 905. The number of aliphatic imine (C=N–C) groups is 1. The number of hydrogen-bond acceptors (Lipinski definition) is 4. The van der Waals surface area contributed by atoms with Crippen molar-refractivity contribution in [3.8, 4) is 0 Å². The number of alkyl halides is 3. The van der Waals surface area contributed by atoms with Crippen LogP contribution in [0.15, 0.2) is 64.0 Å². The number of hydrogen-bond donors (Lipinski definition) is 2. The molecule has 1 heterocycles. The highest BCUT2D eigenvalue weighted by molar-refractivity contribution is 6.16. The summed E-state index contributed by atoms with van der Waals surface area (Å²) in [6, 6.07) is 5.77. The monoisotopic (exact) mass is 420 g/mol. The Kier molecular flexibility index (Phi) is 7.48. The normalized spacial score (nSPS) is 16.7. The van der Waals surface area contributed by atoms with Crippen molar-refractivity contribution in [3.63, 3.8) is 0 Å². The number of amidine groups is 1. The lowest BCUT2D eigenvalue weighted by Crippen LogP contribution is -2.39. The summed E-state index contributed by atoms with van der Waals surface area (Å²) >= 11 is 0. The molecule has 162 valence electrons. The fraction of sp³-hybridized carbons (Fsp3) is 0.364. The highest BCUT2D eigenvalue weighted by atomic mass is 19.4. The van der Waals surface area contributed by atoms with Crippen LogP contribution >= 0.6 is 0 Å². The zero-order valence-corrected chi connectivity index (χ0v) is 17.8. The van der Waals surface area contributed by atoms with Gasteiger partial charge in [-0.15, -0.1) is 0 Å². The highest BCUT2D eigenvalue weighted by Gasteiger charge is 2.27. The number of halogens is 3. The van der Waals surface area contributed by atoms with Crippen LogP contribution in [0.5, 0.6) is 0 Å². The maximum absolute atomic E-state index is 12.5. The average molecular weight is 420 g/mol. The molecular formula is C22H27F3N4O. The van der Waals surface area contributed by atoms with Gasteiger partial charge >= 0.3 is 6.30 Å². The number of allylic oxidation sites excluding steroid dienone is 2. The summed E-state index contributed by atoms with van der Waals surface area (Å²) in [4.78, 5) is 18.7. The van der Waals surface area contributed by atoms with Gasteiger partial charge in [-0.25, -0.2) is 4.99 Å². The van der Waals surface area contributed by atoms with Crippen LogP contribution in [0.4, 0.5) is 24.5 Å². The first-order chi connectivity index (χ1) is 14.1. The molecule has 0 unspecified atom stereocenters. The van der Waals surface area contributed by atoms with Crippen molar-refractivity contribution in [2.24, 2.45) is 4.99 Å². The van der Waals surface area contributed by atoms with Crippen molar-refractivity contribution in [1.29, 1.82) is 0 Å². The standard InChI is InChI=1S/C22H27F3N4O/c1-6-15(5)20(26-16-8-10-17(11-9-16)28-22(23,24)25)27-21-18(14(3)4)12-13-19(30)29(21)7-2/h8-13,26,28H,6-7H2,1-5H3/b20-15?,27-21+. The summed E-state index contributed by atoms with van der Waals surface area (Å²) in [6.45, 7) is 10.2. The number of rotatable bonds is 6. The number of nitrogens with zero attached hydrogens (tertiary/aromatic N) is 2. The molecule has 2 N–H and O–H groups in total. The maximum atomic E-state index is 12.5. The van der Waals surface area contributed by atoms with Crippen molar-refractivity contribution in [3.05, 3.63) is 59.0 Å². The van der Waals surface area contributed by atoms with E-state index in [1.165, 1.54) is 23.5 Å². The van der Waals surface area contributed by atoms with Crippen molar-refractivity contribution in [1.82, 2.24) is 4.90 Å². The lowest BCUT2D eigenvalue weighted by molar-refractivity contribution is -0.122. The average Bonchev–Trinajstić information content (AvgIpc) is 2.67. The Balaban J connectivity index is 2.42. The molecule has 0 aromatic heterocycles. The summed E-state index contributed by atoms with van der Waals surface area (Å²) in [7, 11) is 0. The minimum absolute atomic E-state index is 0.0518. The van der Waals surface area contributed by atoms with Crippen LogP contribution in [0.3, 0.4) is 0 Å². The molecule has 1 aliphatic heterocycles. The largest absolute Gasteiger partial charge is 0.482 e. The lowest BCUT2D eigenvalue weighted by atomic mass is 10.0. The molecule has 0 fully saturated rings. The van der Waals surface area contributed by atoms with E-state index in [0.717, 1.165) is 16.7 Å². The smallest absolute Gasteiger partial charge is 0.340 e. The van der Waals surface area contributed by atoms with Crippen molar-refractivity contribution >= 4 is 23.1 Å². The van der Waals surface area contributed by atoms with Gasteiger partial charge in [0.25, 0.3) is 5.91 Å². The van der Waals surface area contributed by atoms with Crippen LogP contribution in [0.25, 0.3) is 0 Å². The van der Waals surface area contributed by atoms with Gasteiger partial charge in [-0.3, -0.25) is 15.0 Å². The van der Waals surface area contributed by atoms with Crippen LogP contribution in [0.2, 0.25) is 0 Å². The van der Waals surface area contributed by atoms with E-state index in [1.807, 2.05) is 34.6 Å². The van der Waals surface area contributed by atoms with E-state index < -0.39 is 6.30 Å². The molecule has 0 bridgehead atoms. The number of nitrogens with one attached hydrogen (secondary N) is 2. The van der Waals surface area contributed by atoms with E-state index in [-0.39, 0.29) is 11.6 Å². The Morgan fingerprint density at radius 3 is 2.13 bits per heavy atom. The van der Waals surface area contributed by atoms with Crippen LogP contribution < -0.4 is 10.6 Å². The second-order valence-corrected chi connectivity index (χ2v) is 7.07. The maximum Gasteiger partial charge on any atom is 0.482 e. The lowest BCUT2D eigenvalue weighted by Gasteiger charge is -2.27. The summed E-state index contributed by atoms with van der Waals surface area (Å²) < 4.78 is 37.4. The topological polar surface area (TPSA) is 56.7 Å². The summed E-state index contributed by atoms with van der Waals surface area (Å²) in [6.07, 6.45) is -0.483. The third kappa shape index (κ3) is 5.98. The molecule has 30 heavy (non-hydrogen) atoms. The first-order valence-electron chi connectivity index (χ1n) is 9.73. The van der Waals surface area contributed by atoms with Crippen LogP contribution in [0.1, 0.15) is 41.0 Å². The quantitative estimate of drug-likeness (QED) is 0.570. The van der Waals surface area contributed by atoms with Gasteiger partial charge < -0.3 is 5.32 Å². The van der Waals surface area contributed by atoms with Crippen molar-refractivity contribution in [2.75, 3.05) is 17.2 Å². The molecule has 8 heteroatoms. The molecule has 1 amide bonds. The van der Waals surface area contributed by atoms with Gasteiger partial charge in [0.15, 0.2) is 0 Å². The predicted molar refractivity (Wildman–Crippen MR) is 115 cm³/mol. The van der Waals surface area contributed by atoms with Crippen LogP contribution in [0, 0.1) is 0 Å². The van der Waals surface area contributed by atoms with E-state index in [4.69, 9.17) is 4.99 Å². The van der Waals surface area contributed by atoms with Gasteiger partial charge in [0.05, 0.1) is 0 Å². The van der Waals surface area contributed by atoms with E-state index in [9.17, 15) is 18.0 Å². The Labute approximate surface area is 175 Å². The fourth-order valence-corrected chi connectivity index (χ4v) is 2.83. The third-order valence-corrected chi connectivity index (χ3v) is 4.60. The molecule has 0 radical (unpaired) electrons. The first-order valence-corrected chi connectivity index (χ1v) is 9.73. The molecule has 1 aromatic carbocycles. The number of carbonyl (C=O) groups excluding carboxylic acids is 1. The minimum Gasteiger partial charge on any atom is -0.340 e. The minimum atomic E-state index is -4.49. The van der Waals surface area contributed by atoms with Crippen molar-refractivity contribution in [2.45, 2.75) is 47.3 Å². The van der Waals surface area contributed by atoms with Crippen molar-refractivity contribution < 1.29 is 18.0 Å². The molecule has 0 atom stereocenters. The summed E-state index contributed by atoms with van der Waals surface area (Å²) in [5.74, 6) is 0.970. The van der Waals surface area contributed by atoms with Gasteiger partial charge in [-0.1, -0.05) is 12.5 Å². The van der Waals surface area contributed by atoms with Crippen LogP contribution in [-0.4, -0.2) is 29.5 Å². The summed E-state index contributed by atoms with van der Waals surface area (Å²) in [5, 5.41) is 4.66. The molecule has 1 aliphatic rings. The summed E-state index contributed by atoms with van der Waals surface area (Å²) in [5.41, 5.74) is 3.38. The Morgan fingerprint density at radius 1 is 1.03 bits per heavy atom. The van der Waals surface area contributed by atoms with Gasteiger partial charge in [0.2, 0.25) is 0 Å². The zero-order valence-electron chi connectivity index (χ0n) is 17.8. The number of benzene rings is 1. The highest BCUT2D eigenvalue weighted by Crippen LogP contribution is 2.24. The molecule has 0 saturated heterocycles. The van der Waals surface area contributed by atoms with Crippen LogP contribution in [-0.2, 0) is 4.79 Å². The number of anilines is 2. The third-order valence-electron chi connectivity index (χ3n) is 4.60. The van der Waals surface area contributed by atoms with Gasteiger partial charge in [-0.2, -0.15) is 13.2 Å². The number of amides is 1. The molecule has 5 nitrogen and oxygen atoms in total. The zero-order chi connectivity index (χ0) is 22.5. The van der Waals surface area contributed by atoms with Gasteiger partial charge in [-0.05, 0) is 70.0 Å². The molecule has 2 rings (SSSR count). The van der Waals surface area contributed by atoms with E-state index >= 15 is 0 Å².